The molecule has 160 valence electrons. The van der Waals surface area contributed by atoms with Crippen LogP contribution in [-0.2, 0) is 14.3 Å². The Morgan fingerprint density at radius 2 is 1.97 bits per heavy atom. The van der Waals surface area contributed by atoms with Gasteiger partial charge in [-0.25, -0.2) is 9.18 Å². The highest BCUT2D eigenvalue weighted by Crippen LogP contribution is 2.51. The summed E-state index contributed by atoms with van der Waals surface area (Å²) in [5.74, 6) is -1.17. The van der Waals surface area contributed by atoms with Crippen molar-refractivity contribution in [1.82, 2.24) is 9.80 Å². The van der Waals surface area contributed by atoms with Gasteiger partial charge in [0.05, 0.1) is 30.3 Å². The third-order valence-electron chi connectivity index (χ3n) is 8.27. The molecular formula is C22H31FN2O4. The number of ether oxygens (including phenoxy) is 1. The number of carbonyl (C=O) groups excluding carboxylic acids is 1. The molecule has 0 bridgehead atoms. The molecule has 1 saturated heterocycles. The molecule has 9 unspecified atom stereocenters. The van der Waals surface area contributed by atoms with E-state index in [2.05, 4.69) is 4.90 Å². The van der Waals surface area contributed by atoms with Crippen molar-refractivity contribution in [2.45, 2.75) is 81.5 Å². The highest BCUT2D eigenvalue weighted by molar-refractivity contribution is 6.18. The van der Waals surface area contributed by atoms with E-state index in [1.165, 1.54) is 19.3 Å². The lowest BCUT2D eigenvalue weighted by atomic mass is 9.63. The van der Waals surface area contributed by atoms with Crippen molar-refractivity contribution in [3.05, 3.63) is 11.8 Å². The van der Waals surface area contributed by atoms with Crippen LogP contribution in [0.5, 0.6) is 0 Å². The van der Waals surface area contributed by atoms with Crippen molar-refractivity contribution in [2.75, 3.05) is 14.1 Å². The van der Waals surface area contributed by atoms with E-state index in [4.69, 9.17) is 4.74 Å². The van der Waals surface area contributed by atoms with Crippen LogP contribution in [0.25, 0.3) is 0 Å². The van der Waals surface area contributed by atoms with Crippen LogP contribution in [0.15, 0.2) is 11.8 Å². The highest BCUT2D eigenvalue weighted by atomic mass is 19.1. The van der Waals surface area contributed by atoms with E-state index < -0.39 is 36.0 Å². The van der Waals surface area contributed by atoms with Gasteiger partial charge in [0.25, 0.3) is 0 Å². The smallest absolute Gasteiger partial charge is 0.340 e. The number of Topliss-reactive ketones (excluding diaryl/α,β-unsaturated/α-hetero) is 1. The van der Waals surface area contributed by atoms with E-state index in [0.29, 0.717) is 11.8 Å². The topological polar surface area (TPSA) is 70.1 Å². The first-order chi connectivity index (χ1) is 13.9. The average Bonchev–Trinajstić information content (AvgIpc) is 2.68. The van der Waals surface area contributed by atoms with E-state index in [0.717, 1.165) is 19.3 Å². The van der Waals surface area contributed by atoms with Crippen molar-refractivity contribution >= 4 is 11.8 Å². The molecule has 6 nitrogen and oxygen atoms in total. The number of alkyl halides is 1. The summed E-state index contributed by atoms with van der Waals surface area (Å²) in [6.45, 7) is 0. The summed E-state index contributed by atoms with van der Waals surface area (Å²) in [5, 5.41) is 9.68. The molecule has 1 N–H and O–H groups in total. The third kappa shape index (κ3) is 2.87. The standard InChI is InChI=1S/C22H31FN2O4/c1-24(2)19-15(23)9-13-18-21(19)29-16-8-7-11-5-3-4-6-12(11)17(16)25(18)10-14(20(13)26)22(27)28/h10-13,15-19,21H,3-9H2,1-2H3,(H,27,28). The summed E-state index contributed by atoms with van der Waals surface area (Å²) < 4.78 is 21.8. The first-order valence-electron chi connectivity index (χ1n) is 11.1. The van der Waals surface area contributed by atoms with E-state index in [-0.39, 0.29) is 30.2 Å². The molecule has 9 atom stereocenters. The molecule has 7 heteroatoms. The average molecular weight is 406 g/mol. The predicted octanol–water partition coefficient (Wildman–Crippen LogP) is 2.23. The zero-order valence-electron chi connectivity index (χ0n) is 17.2. The predicted molar refractivity (Wildman–Crippen MR) is 104 cm³/mol. The quantitative estimate of drug-likeness (QED) is 0.710. The molecule has 0 radical (unpaired) electrons. The second kappa shape index (κ2) is 7.05. The summed E-state index contributed by atoms with van der Waals surface area (Å²) in [6.07, 6.45) is 6.86. The summed E-state index contributed by atoms with van der Waals surface area (Å²) in [7, 11) is 3.72. The summed E-state index contributed by atoms with van der Waals surface area (Å²) in [6, 6.07) is -0.595. The van der Waals surface area contributed by atoms with Gasteiger partial charge in [-0.1, -0.05) is 19.3 Å². The van der Waals surface area contributed by atoms with Crippen LogP contribution in [0.3, 0.4) is 0 Å². The van der Waals surface area contributed by atoms with Gasteiger partial charge in [0, 0.05) is 12.1 Å². The Labute approximate surface area is 171 Å². The molecule has 0 spiro atoms. The largest absolute Gasteiger partial charge is 0.478 e. The Hall–Kier alpha value is -1.47. The van der Waals surface area contributed by atoms with Crippen LogP contribution >= 0.6 is 0 Å². The van der Waals surface area contributed by atoms with Crippen molar-refractivity contribution in [3.63, 3.8) is 0 Å². The maximum atomic E-state index is 15.2. The van der Waals surface area contributed by atoms with Gasteiger partial charge in [-0.05, 0) is 51.6 Å². The maximum absolute atomic E-state index is 15.2. The molecule has 0 aromatic carbocycles. The number of fused-ring (bicyclic) bond motifs is 4. The molecular weight excluding hydrogens is 375 g/mol. The summed E-state index contributed by atoms with van der Waals surface area (Å²) >= 11 is 0. The number of carboxylic acid groups (broad SMARTS) is 1. The molecule has 5 aliphatic rings. The van der Waals surface area contributed by atoms with E-state index in [1.54, 1.807) is 6.20 Å². The molecule has 0 aromatic heterocycles. The zero-order valence-corrected chi connectivity index (χ0v) is 17.2. The lowest BCUT2D eigenvalue weighted by molar-refractivity contribution is -0.224. The number of morpholine rings is 1. The molecule has 5 rings (SSSR count). The van der Waals surface area contributed by atoms with Crippen molar-refractivity contribution < 1.29 is 23.8 Å². The van der Waals surface area contributed by atoms with Crippen LogP contribution < -0.4 is 0 Å². The number of aliphatic carboxylic acids is 1. The van der Waals surface area contributed by atoms with Gasteiger partial charge in [-0.2, -0.15) is 0 Å². The first kappa shape index (κ1) is 19.5. The minimum absolute atomic E-state index is 0.0245. The molecule has 2 heterocycles. The van der Waals surface area contributed by atoms with Crippen LogP contribution in [0.2, 0.25) is 0 Å². The number of nitrogens with zero attached hydrogens (tertiary/aromatic N) is 2. The third-order valence-corrected chi connectivity index (χ3v) is 8.27. The molecule has 29 heavy (non-hydrogen) atoms. The molecule has 3 aliphatic carbocycles. The molecule has 0 amide bonds. The Morgan fingerprint density at radius 3 is 2.69 bits per heavy atom. The second-order valence-electron chi connectivity index (χ2n) is 9.88. The first-order valence-corrected chi connectivity index (χ1v) is 11.1. The number of carboxylic acids is 1. The number of halogens is 1. The van der Waals surface area contributed by atoms with Gasteiger partial charge in [0.15, 0.2) is 5.78 Å². The van der Waals surface area contributed by atoms with Crippen LogP contribution in [0.1, 0.15) is 44.9 Å². The van der Waals surface area contributed by atoms with Crippen LogP contribution in [0, 0.1) is 17.8 Å². The minimum Gasteiger partial charge on any atom is -0.478 e. The van der Waals surface area contributed by atoms with Crippen molar-refractivity contribution in [1.29, 1.82) is 0 Å². The van der Waals surface area contributed by atoms with Gasteiger partial charge >= 0.3 is 5.97 Å². The number of hydrogen-bond donors (Lipinski definition) is 1. The van der Waals surface area contributed by atoms with Crippen LogP contribution in [0.4, 0.5) is 4.39 Å². The fourth-order valence-corrected chi connectivity index (χ4v) is 7.15. The lowest BCUT2D eigenvalue weighted by Crippen LogP contribution is -2.74. The molecule has 3 saturated carbocycles. The second-order valence-corrected chi connectivity index (χ2v) is 9.88. The summed E-state index contributed by atoms with van der Waals surface area (Å²) in [4.78, 5) is 28.9. The minimum atomic E-state index is -1.21. The molecule has 4 fully saturated rings. The number of likely N-dealkylation sites (N-methyl/N-ethyl adjacent to an activating group) is 1. The fourth-order valence-electron chi connectivity index (χ4n) is 7.15. The molecule has 2 aliphatic heterocycles. The van der Waals surface area contributed by atoms with Gasteiger partial charge in [0.1, 0.15) is 11.7 Å². The zero-order chi connectivity index (χ0) is 20.4. The monoisotopic (exact) mass is 406 g/mol. The number of ketones is 1. The maximum Gasteiger partial charge on any atom is 0.340 e. The van der Waals surface area contributed by atoms with E-state index in [9.17, 15) is 14.7 Å². The van der Waals surface area contributed by atoms with E-state index >= 15 is 4.39 Å². The Balaban J connectivity index is 1.60. The summed E-state index contributed by atoms with van der Waals surface area (Å²) in [5.41, 5.74) is -0.181. The Bertz CT molecular complexity index is 740. The highest BCUT2D eigenvalue weighted by Gasteiger charge is 2.60. The van der Waals surface area contributed by atoms with Gasteiger partial charge in [0.2, 0.25) is 0 Å². The van der Waals surface area contributed by atoms with Gasteiger partial charge in [-0.15, -0.1) is 0 Å². The van der Waals surface area contributed by atoms with Crippen LogP contribution in [-0.4, -0.2) is 77.3 Å². The number of hydrogen-bond acceptors (Lipinski definition) is 5. The van der Waals surface area contributed by atoms with Crippen molar-refractivity contribution in [2.24, 2.45) is 17.8 Å². The van der Waals surface area contributed by atoms with Gasteiger partial charge in [-0.3, -0.25) is 4.79 Å². The van der Waals surface area contributed by atoms with Gasteiger partial charge < -0.3 is 19.6 Å². The Kier molecular flexibility index (Phi) is 4.74. The Morgan fingerprint density at radius 1 is 1.21 bits per heavy atom. The number of carbonyl (C=O) groups is 2. The normalized spacial score (nSPS) is 46.5. The lowest BCUT2D eigenvalue weighted by Gasteiger charge is -2.62. The number of rotatable bonds is 2. The SMILES string of the molecule is CN(C)C1C(F)CC2C(=O)C(C(=O)O)=CN3C4C(CCC5CCCCC54)OC1C23. The molecule has 0 aromatic rings. The van der Waals surface area contributed by atoms with E-state index in [1.807, 2.05) is 19.0 Å². The van der Waals surface area contributed by atoms with Crippen molar-refractivity contribution in [3.8, 4) is 0 Å². The fraction of sp³-hybridized carbons (Fsp3) is 0.818.